The van der Waals surface area contributed by atoms with E-state index in [0.29, 0.717) is 5.82 Å². The number of aliphatic hydroxyl groups is 1. The van der Waals surface area contributed by atoms with E-state index in [4.69, 9.17) is 5.11 Å². The first kappa shape index (κ1) is 8.91. The van der Waals surface area contributed by atoms with Gasteiger partial charge in [0, 0.05) is 6.21 Å². The maximum absolute atomic E-state index is 10.6. The molecule has 2 aliphatic heterocycles. The summed E-state index contributed by atoms with van der Waals surface area (Å²) in [5, 5.41) is 19.3. The summed E-state index contributed by atoms with van der Waals surface area (Å²) in [7, 11) is 0. The third-order valence-electron chi connectivity index (χ3n) is 1.68. The van der Waals surface area contributed by atoms with E-state index in [1.165, 1.54) is 10.6 Å². The van der Waals surface area contributed by atoms with Crippen molar-refractivity contribution in [3.05, 3.63) is 23.5 Å². The molecule has 2 aliphatic rings. The Balaban J connectivity index is 2.39. The van der Waals surface area contributed by atoms with Crippen molar-refractivity contribution in [2.24, 2.45) is 4.99 Å². The molecule has 0 aromatic heterocycles. The maximum atomic E-state index is 10.6. The molecule has 0 unspecified atom stereocenters. The summed E-state index contributed by atoms with van der Waals surface area (Å²) in [5.41, 5.74) is 2.26. The minimum Gasteiger partial charge on any atom is -0.493 e. The van der Waals surface area contributed by atoms with E-state index in [0.717, 1.165) is 11.2 Å². The average molecular weight is 214 g/mol. The minimum absolute atomic E-state index is 0.279. The summed E-state index contributed by atoms with van der Waals surface area (Å²) < 4.78 is 1.24. The van der Waals surface area contributed by atoms with Gasteiger partial charge in [-0.1, -0.05) is 0 Å². The van der Waals surface area contributed by atoms with Gasteiger partial charge in [0.05, 0.1) is 6.20 Å². The largest absolute Gasteiger partial charge is 0.493 e. The van der Waals surface area contributed by atoms with Gasteiger partial charge in [-0.15, -0.1) is 5.53 Å². The fraction of sp³-hybridized carbons (Fsp3) is 0. The van der Waals surface area contributed by atoms with Gasteiger partial charge in [0.15, 0.2) is 5.82 Å². The van der Waals surface area contributed by atoms with E-state index in [1.54, 1.807) is 0 Å². The Kier molecular flexibility index (Phi) is 1.86. The maximum Gasteiger partial charge on any atom is 0.342 e. The zero-order valence-corrected chi connectivity index (χ0v) is 7.64. The molecule has 8 heteroatoms. The van der Waals surface area contributed by atoms with Crippen molar-refractivity contribution >= 4 is 25.0 Å². The van der Waals surface area contributed by atoms with E-state index in [9.17, 15) is 9.90 Å². The van der Waals surface area contributed by atoms with Crippen LogP contribution in [-0.2, 0) is 4.79 Å². The number of carboxylic acids is 1. The van der Waals surface area contributed by atoms with Gasteiger partial charge in [0.25, 0.3) is 0 Å². The number of carboxylic acid groups (broad SMARTS) is 1. The molecule has 0 fully saturated rings. The Hall–Kier alpha value is -1.67. The predicted molar refractivity (Wildman–Crippen MR) is 49.7 cm³/mol. The Labute approximate surface area is 84.1 Å². The molecule has 0 saturated carbocycles. The summed E-state index contributed by atoms with van der Waals surface area (Å²) in [5.74, 6) is -1.30. The smallest absolute Gasteiger partial charge is 0.342 e. The molecule has 0 amide bonds. The Morgan fingerprint density at radius 3 is 3.00 bits per heavy atom. The molecule has 74 valence electrons. The summed E-state index contributed by atoms with van der Waals surface area (Å²) in [4.78, 5) is 14.4. The lowest BCUT2D eigenvalue weighted by Gasteiger charge is -2.22. The average Bonchev–Trinajstić information content (AvgIpc) is 2.46. The normalized spacial score (nSPS) is 19.9. The molecule has 7 nitrogen and oxygen atoms in total. The highest BCUT2D eigenvalue weighted by Crippen LogP contribution is 2.23. The van der Waals surface area contributed by atoms with Crippen LogP contribution in [0.5, 0.6) is 0 Å². The second-order valence-corrected chi connectivity index (χ2v) is 3.00. The van der Waals surface area contributed by atoms with Crippen molar-refractivity contribution < 1.29 is 15.0 Å². The van der Waals surface area contributed by atoms with Crippen molar-refractivity contribution in [1.82, 2.24) is 15.0 Å². The lowest BCUT2D eigenvalue weighted by Crippen LogP contribution is -2.38. The van der Waals surface area contributed by atoms with Gasteiger partial charge in [-0.25, -0.2) is 19.2 Å². The minimum atomic E-state index is -1.25. The quantitative estimate of drug-likeness (QED) is 0.444. The summed E-state index contributed by atoms with van der Waals surface area (Å²) in [6, 6.07) is 0. The van der Waals surface area contributed by atoms with Crippen LogP contribution >= 0.6 is 12.8 Å². The SMILES string of the molecule is O=C(O)C1=C(O)N2NN(S)C=C2N=C1. The second kappa shape index (κ2) is 2.93. The van der Waals surface area contributed by atoms with Gasteiger partial charge in [-0.2, -0.15) is 0 Å². The standard InChI is InChI=1S/C6H6N4O3S/c11-5-3(6(12)13)1-7-4-2-9(14)8-10(4)5/h1-2,8,11,14H,(H,12,13). The summed E-state index contributed by atoms with van der Waals surface area (Å²) in [6.45, 7) is 0. The number of hydrogen-bond donors (Lipinski definition) is 4. The van der Waals surface area contributed by atoms with Gasteiger partial charge in [-0.3, -0.25) is 0 Å². The fourth-order valence-electron chi connectivity index (χ4n) is 1.06. The number of aliphatic hydroxyl groups excluding tert-OH is 1. The number of thiol groups is 1. The number of fused-ring (bicyclic) bond motifs is 1. The van der Waals surface area contributed by atoms with Crippen LogP contribution in [0.4, 0.5) is 0 Å². The van der Waals surface area contributed by atoms with E-state index >= 15 is 0 Å². The zero-order valence-electron chi connectivity index (χ0n) is 6.75. The van der Waals surface area contributed by atoms with Crippen LogP contribution in [0.1, 0.15) is 0 Å². The zero-order chi connectivity index (χ0) is 10.3. The molecule has 0 aliphatic carbocycles. The van der Waals surface area contributed by atoms with Crippen LogP contribution in [0.2, 0.25) is 0 Å². The third-order valence-corrected chi connectivity index (χ3v) is 1.88. The number of aliphatic carboxylic acids is 1. The molecule has 0 aromatic carbocycles. The number of nitrogens with zero attached hydrogens (tertiary/aromatic N) is 3. The Morgan fingerprint density at radius 1 is 1.64 bits per heavy atom. The van der Waals surface area contributed by atoms with Crippen LogP contribution in [0.15, 0.2) is 28.5 Å². The number of hydrogen-bond acceptors (Lipinski definition) is 7. The van der Waals surface area contributed by atoms with Crippen molar-refractivity contribution in [2.45, 2.75) is 0 Å². The monoisotopic (exact) mass is 214 g/mol. The molecular weight excluding hydrogens is 208 g/mol. The highest BCUT2D eigenvalue weighted by molar-refractivity contribution is 7.77. The first-order valence-corrected chi connectivity index (χ1v) is 3.96. The van der Waals surface area contributed by atoms with E-state index < -0.39 is 11.9 Å². The highest BCUT2D eigenvalue weighted by atomic mass is 32.1. The van der Waals surface area contributed by atoms with Gasteiger partial charge < -0.3 is 10.2 Å². The van der Waals surface area contributed by atoms with E-state index in [1.807, 2.05) is 0 Å². The Morgan fingerprint density at radius 2 is 2.36 bits per heavy atom. The molecule has 0 radical (unpaired) electrons. The number of nitrogens with one attached hydrogen (secondary N) is 1. The van der Waals surface area contributed by atoms with Gasteiger partial charge in [0.1, 0.15) is 5.57 Å². The van der Waals surface area contributed by atoms with Gasteiger partial charge >= 0.3 is 5.97 Å². The van der Waals surface area contributed by atoms with Crippen LogP contribution in [0, 0.1) is 0 Å². The lowest BCUT2D eigenvalue weighted by molar-refractivity contribution is -0.132. The van der Waals surface area contributed by atoms with E-state index in [-0.39, 0.29) is 5.57 Å². The number of carbonyl (C=O) groups is 1. The molecule has 0 spiro atoms. The van der Waals surface area contributed by atoms with Crippen LogP contribution in [-0.4, -0.2) is 31.8 Å². The van der Waals surface area contributed by atoms with Crippen LogP contribution in [0.25, 0.3) is 0 Å². The molecule has 2 heterocycles. The van der Waals surface area contributed by atoms with Gasteiger partial charge in [0.2, 0.25) is 5.88 Å². The second-order valence-electron chi connectivity index (χ2n) is 2.57. The first-order chi connectivity index (χ1) is 6.59. The van der Waals surface area contributed by atoms with E-state index in [2.05, 4.69) is 23.3 Å². The van der Waals surface area contributed by atoms with Crippen molar-refractivity contribution in [2.75, 3.05) is 0 Å². The van der Waals surface area contributed by atoms with Crippen molar-refractivity contribution in [3.8, 4) is 0 Å². The topological polar surface area (TPSA) is 88.4 Å². The molecule has 14 heavy (non-hydrogen) atoms. The Bertz CT molecular complexity index is 389. The van der Waals surface area contributed by atoms with Gasteiger partial charge in [-0.05, 0) is 12.8 Å². The predicted octanol–water partition coefficient (Wildman–Crippen LogP) is -0.394. The van der Waals surface area contributed by atoms with Crippen molar-refractivity contribution in [3.63, 3.8) is 0 Å². The molecule has 3 N–H and O–H groups in total. The highest BCUT2D eigenvalue weighted by Gasteiger charge is 2.29. The first-order valence-electron chi connectivity index (χ1n) is 3.56. The number of rotatable bonds is 1. The summed E-state index contributed by atoms with van der Waals surface area (Å²) >= 11 is 3.92. The molecule has 2 rings (SSSR count). The molecular formula is C6H6N4O3S. The third kappa shape index (κ3) is 1.20. The molecule has 0 saturated heterocycles. The summed E-state index contributed by atoms with van der Waals surface area (Å²) in [6.07, 6.45) is 2.56. The number of hydrazine groups is 2. The van der Waals surface area contributed by atoms with Crippen LogP contribution in [0.3, 0.4) is 0 Å². The van der Waals surface area contributed by atoms with Crippen LogP contribution < -0.4 is 5.53 Å². The molecule has 0 atom stereocenters. The van der Waals surface area contributed by atoms with Crippen molar-refractivity contribution in [1.29, 1.82) is 0 Å². The number of aliphatic imine (C=N–C) groups is 1. The molecule has 0 aromatic rings. The lowest BCUT2D eigenvalue weighted by atomic mass is 10.3. The fourth-order valence-corrected chi connectivity index (χ4v) is 1.25. The molecule has 0 bridgehead atoms.